The number of rotatable bonds is 8. The molecule has 0 aliphatic rings. The number of benzene rings is 3. The summed E-state index contributed by atoms with van der Waals surface area (Å²) in [5.41, 5.74) is -4.46. The van der Waals surface area contributed by atoms with E-state index in [9.17, 15) is 26.3 Å². The molecule has 206 valence electrons. The lowest BCUT2D eigenvalue weighted by Gasteiger charge is -2.46. The molecule has 0 saturated carbocycles. The third-order valence-corrected chi connectivity index (χ3v) is 13.3. The number of hydrogen-bond acceptors (Lipinski definition) is 2. The zero-order valence-electron chi connectivity index (χ0n) is 21.8. The zero-order chi connectivity index (χ0) is 28.4. The fourth-order valence-corrected chi connectivity index (χ4v) is 6.99. The molecule has 0 bridgehead atoms. The third-order valence-electron chi connectivity index (χ3n) is 6.61. The van der Waals surface area contributed by atoms with Gasteiger partial charge in [-0.3, -0.25) is 0 Å². The topological polar surface area (TPSA) is 18.5 Å². The van der Waals surface area contributed by atoms with Crippen LogP contribution in [0.25, 0.3) is 0 Å². The highest BCUT2D eigenvalue weighted by Gasteiger charge is 2.74. The standard InChI is InChI=1S/C28H31F6O2SSi/c1-25(2,3)38(4,5)36-26(27(29,30)31,28(32,33)34)20-35-21-16-18-24(19-17-21)37(22-12-8-6-9-13-22)23-14-10-7-11-15-23/h6-19H,20H2,1-5H3/q+1. The van der Waals surface area contributed by atoms with Crippen LogP contribution in [-0.2, 0) is 15.3 Å². The molecule has 0 saturated heterocycles. The lowest BCUT2D eigenvalue weighted by atomic mass is 10.0. The number of ether oxygens (including phenoxy) is 1. The normalized spacial score (nSPS) is 13.6. The van der Waals surface area contributed by atoms with Gasteiger partial charge in [0.1, 0.15) is 12.4 Å². The summed E-state index contributed by atoms with van der Waals surface area (Å²) in [5, 5.41) is -0.888. The van der Waals surface area contributed by atoms with Gasteiger partial charge < -0.3 is 9.16 Å². The molecule has 0 aliphatic heterocycles. The Bertz CT molecular complexity index is 1120. The highest BCUT2D eigenvalue weighted by atomic mass is 32.2. The second-order valence-electron chi connectivity index (χ2n) is 10.4. The van der Waals surface area contributed by atoms with E-state index in [1.165, 1.54) is 25.2 Å². The lowest BCUT2D eigenvalue weighted by molar-refractivity contribution is -0.366. The van der Waals surface area contributed by atoms with Crippen LogP contribution < -0.4 is 4.74 Å². The van der Waals surface area contributed by atoms with Crippen molar-refractivity contribution in [3.63, 3.8) is 0 Å². The molecule has 10 heteroatoms. The van der Waals surface area contributed by atoms with E-state index in [0.29, 0.717) is 0 Å². The quantitative estimate of drug-likeness (QED) is 0.152. The Hall–Kier alpha value is -2.43. The van der Waals surface area contributed by atoms with Crippen LogP contribution in [0.1, 0.15) is 20.8 Å². The van der Waals surface area contributed by atoms with Gasteiger partial charge in [0.05, 0.1) is 10.9 Å². The summed E-state index contributed by atoms with van der Waals surface area (Å²) in [4.78, 5) is 2.87. The maximum atomic E-state index is 14.1. The second-order valence-corrected chi connectivity index (χ2v) is 17.1. The fourth-order valence-electron chi connectivity index (χ4n) is 3.44. The van der Waals surface area contributed by atoms with Gasteiger partial charge in [0.2, 0.25) is 0 Å². The van der Waals surface area contributed by atoms with Crippen molar-refractivity contribution in [1.29, 1.82) is 0 Å². The molecule has 38 heavy (non-hydrogen) atoms. The van der Waals surface area contributed by atoms with Crippen LogP contribution in [0, 0.1) is 0 Å². The van der Waals surface area contributed by atoms with Crippen molar-refractivity contribution in [2.75, 3.05) is 6.61 Å². The first-order valence-electron chi connectivity index (χ1n) is 11.9. The van der Waals surface area contributed by atoms with Crippen molar-refractivity contribution in [3.8, 4) is 5.75 Å². The molecule has 3 aromatic rings. The zero-order valence-corrected chi connectivity index (χ0v) is 23.6. The van der Waals surface area contributed by atoms with E-state index in [1.54, 1.807) is 32.9 Å². The monoisotopic (exact) mass is 573 g/mol. The Kier molecular flexibility index (Phi) is 8.70. The van der Waals surface area contributed by atoms with Crippen molar-refractivity contribution < 1.29 is 35.5 Å². The van der Waals surface area contributed by atoms with Crippen molar-refractivity contribution >= 4 is 19.2 Å². The smallest absolute Gasteiger partial charge is 0.428 e. The van der Waals surface area contributed by atoms with Gasteiger partial charge in [-0.2, -0.15) is 26.3 Å². The first kappa shape index (κ1) is 30.1. The summed E-state index contributed by atoms with van der Waals surface area (Å²) in [6.45, 7) is 5.69. The van der Waals surface area contributed by atoms with E-state index in [-0.39, 0.29) is 5.75 Å². The molecule has 0 amide bonds. The molecular formula is C28H31F6O2SSi+. The van der Waals surface area contributed by atoms with E-state index >= 15 is 0 Å². The Morgan fingerprint density at radius 2 is 1.03 bits per heavy atom. The molecule has 0 unspecified atom stereocenters. The number of hydrogen-bond donors (Lipinski definition) is 0. The van der Waals surface area contributed by atoms with Gasteiger partial charge in [0, 0.05) is 0 Å². The molecule has 0 spiro atoms. The summed E-state index contributed by atoms with van der Waals surface area (Å²) in [5.74, 6) is -0.116. The van der Waals surface area contributed by atoms with Crippen LogP contribution in [0.15, 0.2) is 99.6 Å². The molecule has 0 fully saturated rings. The molecule has 0 radical (unpaired) electrons. The van der Waals surface area contributed by atoms with Gasteiger partial charge in [0.25, 0.3) is 5.60 Å². The van der Waals surface area contributed by atoms with Gasteiger partial charge >= 0.3 is 12.4 Å². The number of alkyl halides is 6. The van der Waals surface area contributed by atoms with Crippen LogP contribution in [0.3, 0.4) is 0 Å². The maximum Gasteiger partial charge on any atom is 0.428 e. The van der Waals surface area contributed by atoms with Gasteiger partial charge in [-0.05, 0) is 66.7 Å². The third kappa shape index (κ3) is 6.40. The minimum absolute atomic E-state index is 0.116. The predicted molar refractivity (Wildman–Crippen MR) is 140 cm³/mol. The highest BCUT2D eigenvalue weighted by molar-refractivity contribution is 7.97. The molecule has 3 aromatic carbocycles. The molecule has 3 rings (SSSR count). The van der Waals surface area contributed by atoms with Crippen molar-refractivity contribution in [1.82, 2.24) is 0 Å². The predicted octanol–water partition coefficient (Wildman–Crippen LogP) is 9.05. The average molecular weight is 574 g/mol. The maximum absolute atomic E-state index is 14.1. The first-order chi connectivity index (χ1) is 17.5. The Labute approximate surface area is 223 Å². The number of halogens is 6. The van der Waals surface area contributed by atoms with Crippen LogP contribution in [0.4, 0.5) is 26.3 Å². The highest BCUT2D eigenvalue weighted by Crippen LogP contribution is 2.51. The molecule has 2 nitrogen and oxygen atoms in total. The summed E-state index contributed by atoms with van der Waals surface area (Å²) in [6.07, 6.45) is -11.5. The fraction of sp³-hybridized carbons (Fsp3) is 0.357. The average Bonchev–Trinajstić information content (AvgIpc) is 2.82. The molecule has 0 aliphatic carbocycles. The Balaban J connectivity index is 1.94. The minimum Gasteiger partial charge on any atom is -0.490 e. The van der Waals surface area contributed by atoms with Gasteiger partial charge in [0.15, 0.2) is 23.0 Å². The van der Waals surface area contributed by atoms with Crippen LogP contribution in [0.2, 0.25) is 18.1 Å². The van der Waals surface area contributed by atoms with Crippen molar-refractivity contribution in [2.24, 2.45) is 0 Å². The van der Waals surface area contributed by atoms with E-state index in [2.05, 4.69) is 0 Å². The summed E-state index contributed by atoms with van der Waals surface area (Å²) < 4.78 is 95.1. The van der Waals surface area contributed by atoms with Gasteiger partial charge in [-0.15, -0.1) is 0 Å². The van der Waals surface area contributed by atoms with E-state index < -0.39 is 48.8 Å². The Morgan fingerprint density at radius 3 is 1.39 bits per heavy atom. The SMILES string of the molecule is CC(C)(C)[Si](C)(C)OC(COc1ccc([S+](c2ccccc2)c2ccccc2)cc1)(C(F)(F)F)C(F)(F)F. The summed E-state index contributed by atoms with van der Waals surface area (Å²) in [7, 11) is -4.05. The van der Waals surface area contributed by atoms with Crippen LogP contribution in [0.5, 0.6) is 5.75 Å². The molecule has 0 atom stereocenters. The van der Waals surface area contributed by atoms with E-state index in [1.807, 2.05) is 60.7 Å². The van der Waals surface area contributed by atoms with Crippen molar-refractivity contribution in [2.45, 2.75) is 71.5 Å². The van der Waals surface area contributed by atoms with E-state index in [4.69, 9.17) is 9.16 Å². The Morgan fingerprint density at radius 1 is 0.632 bits per heavy atom. The van der Waals surface area contributed by atoms with E-state index in [0.717, 1.165) is 14.7 Å². The molecule has 0 heterocycles. The molecule has 0 aromatic heterocycles. The van der Waals surface area contributed by atoms with Gasteiger partial charge in [-0.1, -0.05) is 57.2 Å². The van der Waals surface area contributed by atoms with Crippen molar-refractivity contribution in [3.05, 3.63) is 84.9 Å². The summed E-state index contributed by atoms with van der Waals surface area (Å²) >= 11 is 0. The summed E-state index contributed by atoms with van der Waals surface area (Å²) in [6, 6.07) is 25.4. The lowest BCUT2D eigenvalue weighted by Crippen LogP contribution is -2.67. The minimum atomic E-state index is -5.74. The van der Waals surface area contributed by atoms with Crippen LogP contribution >= 0.6 is 0 Å². The van der Waals surface area contributed by atoms with Crippen LogP contribution in [-0.4, -0.2) is 32.9 Å². The van der Waals surface area contributed by atoms with Gasteiger partial charge in [-0.25, -0.2) is 0 Å². The second kappa shape index (κ2) is 11.0. The first-order valence-corrected chi connectivity index (χ1v) is 16.0. The largest absolute Gasteiger partial charge is 0.490 e. The molecule has 0 N–H and O–H groups in total. The molecular weight excluding hydrogens is 542 g/mol.